The Bertz CT molecular complexity index is 827. The molecule has 1 aliphatic rings. The predicted molar refractivity (Wildman–Crippen MR) is 86.2 cm³/mol. The Hall–Kier alpha value is -2.34. The van der Waals surface area contributed by atoms with Crippen LogP contribution in [-0.2, 0) is 16.4 Å². The first-order valence-corrected chi connectivity index (χ1v) is 8.25. The second kappa shape index (κ2) is 5.46. The third kappa shape index (κ3) is 2.57. The Labute approximate surface area is 129 Å². The smallest absolute Gasteiger partial charge is 0.283 e. The third-order valence-corrected chi connectivity index (χ3v) is 4.99. The molecule has 0 unspecified atom stereocenters. The average Bonchev–Trinajstić information content (AvgIpc) is 2.83. The van der Waals surface area contributed by atoms with E-state index in [2.05, 4.69) is 4.40 Å². The molecule has 0 N–H and O–H groups in total. The van der Waals surface area contributed by atoms with Crippen molar-refractivity contribution in [1.82, 2.24) is 0 Å². The minimum atomic E-state index is -3.73. The van der Waals surface area contributed by atoms with Gasteiger partial charge >= 0.3 is 0 Å². The van der Waals surface area contributed by atoms with Crippen molar-refractivity contribution >= 4 is 21.5 Å². The number of ether oxygens (including phenoxy) is 1. The molecule has 2 aromatic carbocycles. The number of anilines is 1. The molecule has 0 fully saturated rings. The fourth-order valence-electron chi connectivity index (χ4n) is 2.45. The number of methoxy groups -OCH3 is 1. The van der Waals surface area contributed by atoms with Crippen LogP contribution in [0.5, 0.6) is 5.75 Å². The van der Waals surface area contributed by atoms with Gasteiger partial charge in [0.1, 0.15) is 11.6 Å². The second-order valence-electron chi connectivity index (χ2n) is 5.02. The SMILES string of the molecule is COc1ccc(S(=O)(=O)/N=C2\Cc3ccccc3N2C)cc1. The van der Waals surface area contributed by atoms with Gasteiger partial charge in [0.25, 0.3) is 10.0 Å². The molecule has 0 saturated heterocycles. The van der Waals surface area contributed by atoms with Crippen LogP contribution in [0.1, 0.15) is 5.56 Å². The molecule has 2 aromatic rings. The van der Waals surface area contributed by atoms with Gasteiger partial charge in [0.15, 0.2) is 0 Å². The van der Waals surface area contributed by atoms with Gasteiger partial charge in [0.05, 0.1) is 12.0 Å². The number of hydrogen-bond acceptors (Lipinski definition) is 3. The predicted octanol–water partition coefficient (Wildman–Crippen LogP) is 2.47. The van der Waals surface area contributed by atoms with E-state index in [-0.39, 0.29) is 4.90 Å². The molecule has 1 heterocycles. The van der Waals surface area contributed by atoms with E-state index in [1.165, 1.54) is 19.2 Å². The summed E-state index contributed by atoms with van der Waals surface area (Å²) in [6, 6.07) is 14.0. The van der Waals surface area contributed by atoms with Crippen molar-refractivity contribution in [3.8, 4) is 5.75 Å². The maximum Gasteiger partial charge on any atom is 0.283 e. The summed E-state index contributed by atoms with van der Waals surface area (Å²) in [5.74, 6) is 1.13. The van der Waals surface area contributed by atoms with Gasteiger partial charge in [-0.05, 0) is 35.9 Å². The van der Waals surface area contributed by atoms with Crippen molar-refractivity contribution in [2.24, 2.45) is 4.40 Å². The summed E-state index contributed by atoms with van der Waals surface area (Å²) in [5.41, 5.74) is 2.07. The summed E-state index contributed by atoms with van der Waals surface area (Å²) >= 11 is 0. The normalized spacial score (nSPS) is 15.9. The van der Waals surface area contributed by atoms with Crippen molar-refractivity contribution < 1.29 is 13.2 Å². The first-order chi connectivity index (χ1) is 10.5. The number of fused-ring (bicyclic) bond motifs is 1. The van der Waals surface area contributed by atoms with Crippen LogP contribution in [0, 0.1) is 0 Å². The molecule has 0 bridgehead atoms. The Morgan fingerprint density at radius 1 is 1.09 bits per heavy atom. The number of likely N-dealkylation sites (N-methyl/N-ethyl adjacent to an activating group) is 1. The van der Waals surface area contributed by atoms with Crippen LogP contribution in [0.15, 0.2) is 57.8 Å². The van der Waals surface area contributed by atoms with Crippen LogP contribution >= 0.6 is 0 Å². The maximum atomic E-state index is 12.4. The Morgan fingerprint density at radius 2 is 1.77 bits per heavy atom. The molecule has 114 valence electrons. The molecule has 0 radical (unpaired) electrons. The van der Waals surface area contributed by atoms with Gasteiger partial charge in [0.2, 0.25) is 0 Å². The first kappa shape index (κ1) is 14.6. The quantitative estimate of drug-likeness (QED) is 0.873. The van der Waals surface area contributed by atoms with Crippen molar-refractivity contribution in [1.29, 1.82) is 0 Å². The lowest BCUT2D eigenvalue weighted by Gasteiger charge is -2.13. The minimum absolute atomic E-state index is 0.158. The molecule has 0 aromatic heterocycles. The van der Waals surface area contributed by atoms with Crippen molar-refractivity contribution in [3.63, 3.8) is 0 Å². The summed E-state index contributed by atoms with van der Waals surface area (Å²) in [6.45, 7) is 0. The van der Waals surface area contributed by atoms with E-state index in [0.717, 1.165) is 11.3 Å². The summed E-state index contributed by atoms with van der Waals surface area (Å²) in [5, 5.41) is 0. The maximum absolute atomic E-state index is 12.4. The largest absolute Gasteiger partial charge is 0.497 e. The van der Waals surface area contributed by atoms with Crippen LogP contribution < -0.4 is 9.64 Å². The molecule has 0 amide bonds. The highest BCUT2D eigenvalue weighted by Gasteiger charge is 2.24. The molecule has 1 aliphatic heterocycles. The van der Waals surface area contributed by atoms with E-state index < -0.39 is 10.0 Å². The number of sulfonamides is 1. The van der Waals surface area contributed by atoms with E-state index in [1.54, 1.807) is 12.1 Å². The van der Waals surface area contributed by atoms with Crippen LogP contribution in [0.25, 0.3) is 0 Å². The van der Waals surface area contributed by atoms with E-state index in [0.29, 0.717) is 18.0 Å². The Kier molecular flexibility index (Phi) is 3.62. The molecule has 3 rings (SSSR count). The van der Waals surface area contributed by atoms with Crippen LogP contribution in [-0.4, -0.2) is 28.4 Å². The van der Waals surface area contributed by atoms with Crippen LogP contribution in [0.3, 0.4) is 0 Å². The number of benzene rings is 2. The molecular weight excluding hydrogens is 300 g/mol. The monoisotopic (exact) mass is 316 g/mol. The fraction of sp³-hybridized carbons (Fsp3) is 0.188. The molecule has 0 atom stereocenters. The van der Waals surface area contributed by atoms with Gasteiger partial charge in [-0.2, -0.15) is 8.42 Å². The molecule has 0 spiro atoms. The number of amidine groups is 1. The van der Waals surface area contributed by atoms with Crippen molar-refractivity contribution in [2.75, 3.05) is 19.1 Å². The number of hydrogen-bond donors (Lipinski definition) is 0. The Balaban J connectivity index is 1.94. The van der Waals surface area contributed by atoms with Gasteiger partial charge in [-0.25, -0.2) is 0 Å². The van der Waals surface area contributed by atoms with Crippen LogP contribution in [0.2, 0.25) is 0 Å². The molecule has 6 heteroatoms. The second-order valence-corrected chi connectivity index (χ2v) is 6.63. The van der Waals surface area contributed by atoms with Crippen LogP contribution in [0.4, 0.5) is 5.69 Å². The highest BCUT2D eigenvalue weighted by Crippen LogP contribution is 2.28. The molecule has 22 heavy (non-hydrogen) atoms. The van der Waals surface area contributed by atoms with E-state index in [4.69, 9.17) is 4.74 Å². The number of nitrogens with zero attached hydrogens (tertiary/aromatic N) is 2. The zero-order valence-electron chi connectivity index (χ0n) is 12.4. The topological polar surface area (TPSA) is 59.0 Å². The van der Waals surface area contributed by atoms with E-state index in [1.807, 2.05) is 36.2 Å². The zero-order valence-corrected chi connectivity index (χ0v) is 13.2. The fourth-order valence-corrected chi connectivity index (χ4v) is 3.50. The van der Waals surface area contributed by atoms with Gasteiger partial charge < -0.3 is 9.64 Å². The standard InChI is InChI=1S/C16H16N2O3S/c1-18-15-6-4-3-5-12(15)11-16(18)17-22(19,20)14-9-7-13(21-2)8-10-14/h3-10H,11H2,1-2H3/b17-16+. The number of para-hydroxylation sites is 1. The van der Waals surface area contributed by atoms with E-state index >= 15 is 0 Å². The highest BCUT2D eigenvalue weighted by molar-refractivity contribution is 7.90. The third-order valence-electron chi connectivity index (χ3n) is 3.67. The lowest BCUT2D eigenvalue weighted by Crippen LogP contribution is -2.23. The van der Waals surface area contributed by atoms with Gasteiger partial charge in [0, 0.05) is 19.2 Å². The Morgan fingerprint density at radius 3 is 2.41 bits per heavy atom. The first-order valence-electron chi connectivity index (χ1n) is 6.81. The lowest BCUT2D eigenvalue weighted by molar-refractivity contribution is 0.414. The average molecular weight is 316 g/mol. The molecule has 0 aliphatic carbocycles. The lowest BCUT2D eigenvalue weighted by atomic mass is 10.2. The zero-order chi connectivity index (χ0) is 15.7. The van der Waals surface area contributed by atoms with Crippen molar-refractivity contribution in [3.05, 3.63) is 54.1 Å². The summed E-state index contributed by atoms with van der Waals surface area (Å²) in [4.78, 5) is 1.97. The highest BCUT2D eigenvalue weighted by atomic mass is 32.2. The summed E-state index contributed by atoms with van der Waals surface area (Å²) < 4.78 is 33.9. The molecule has 5 nitrogen and oxygen atoms in total. The molecular formula is C16H16N2O3S. The van der Waals surface area contributed by atoms with Gasteiger partial charge in [-0.15, -0.1) is 4.40 Å². The summed E-state index contributed by atoms with van der Waals surface area (Å²) in [6.07, 6.45) is 0.516. The van der Waals surface area contributed by atoms with Crippen molar-refractivity contribution in [2.45, 2.75) is 11.3 Å². The molecule has 0 saturated carbocycles. The summed E-state index contributed by atoms with van der Waals surface area (Å²) in [7, 11) is -0.365. The van der Waals surface area contributed by atoms with E-state index in [9.17, 15) is 8.42 Å². The number of rotatable bonds is 3. The minimum Gasteiger partial charge on any atom is -0.497 e. The van der Waals surface area contributed by atoms with Gasteiger partial charge in [-0.3, -0.25) is 0 Å². The van der Waals surface area contributed by atoms with Gasteiger partial charge in [-0.1, -0.05) is 18.2 Å².